The zero-order valence-corrected chi connectivity index (χ0v) is 20.0. The van der Waals surface area contributed by atoms with Gasteiger partial charge in [0.2, 0.25) is 0 Å². The molecule has 3 aromatic rings. The summed E-state index contributed by atoms with van der Waals surface area (Å²) in [5.41, 5.74) is 4.82. The minimum absolute atomic E-state index is 0. The van der Waals surface area contributed by atoms with Gasteiger partial charge in [-0.25, -0.2) is 0 Å². The number of aliphatic imine (C=N–C) groups is 1. The molecule has 1 atom stereocenters. The number of para-hydroxylation sites is 1. The molecular formula is C24H30IN5. The Morgan fingerprint density at radius 3 is 2.70 bits per heavy atom. The van der Waals surface area contributed by atoms with Crippen LogP contribution in [0.1, 0.15) is 36.9 Å². The number of fused-ring (bicyclic) bond motifs is 1. The standard InChI is InChI=1S/C24H29N5.HI/c1-18(19-8-7-9-21(16-19)29-14-5-6-15-29)28-24(25-2)27-17-20-12-13-26-23-11-4-3-10-22(20)23;/h3-4,7-13,16,18H,5-6,14-15,17H2,1-2H3,(H2,25,27,28);1H. The number of anilines is 1. The molecule has 0 saturated carbocycles. The molecular weight excluding hydrogens is 485 g/mol. The Labute approximate surface area is 196 Å². The molecule has 1 aliphatic heterocycles. The van der Waals surface area contributed by atoms with Crippen molar-refractivity contribution in [2.24, 2.45) is 4.99 Å². The topological polar surface area (TPSA) is 52.6 Å². The fourth-order valence-corrected chi connectivity index (χ4v) is 3.94. The zero-order chi connectivity index (χ0) is 20.1. The molecule has 0 spiro atoms. The third-order valence-electron chi connectivity index (χ3n) is 5.60. The fraction of sp³-hybridized carbons (Fsp3) is 0.333. The second kappa shape index (κ2) is 10.6. The van der Waals surface area contributed by atoms with Gasteiger partial charge in [-0.05, 0) is 55.2 Å². The second-order valence-electron chi connectivity index (χ2n) is 7.57. The van der Waals surface area contributed by atoms with E-state index in [1.807, 2.05) is 25.4 Å². The largest absolute Gasteiger partial charge is 0.372 e. The highest BCUT2D eigenvalue weighted by atomic mass is 127. The van der Waals surface area contributed by atoms with E-state index in [0.29, 0.717) is 6.54 Å². The Morgan fingerprint density at radius 1 is 1.10 bits per heavy atom. The van der Waals surface area contributed by atoms with Crippen molar-refractivity contribution < 1.29 is 0 Å². The molecule has 2 aromatic carbocycles. The Kier molecular flexibility index (Phi) is 7.90. The summed E-state index contributed by atoms with van der Waals surface area (Å²) >= 11 is 0. The highest BCUT2D eigenvalue weighted by Crippen LogP contribution is 2.24. The minimum Gasteiger partial charge on any atom is -0.372 e. The van der Waals surface area contributed by atoms with Gasteiger partial charge in [0.1, 0.15) is 0 Å². The molecule has 4 rings (SSSR count). The van der Waals surface area contributed by atoms with Crippen LogP contribution in [-0.2, 0) is 6.54 Å². The summed E-state index contributed by atoms with van der Waals surface area (Å²) in [5.74, 6) is 0.796. The summed E-state index contributed by atoms with van der Waals surface area (Å²) in [6.45, 7) is 5.20. The lowest BCUT2D eigenvalue weighted by molar-refractivity contribution is 0.685. The third-order valence-corrected chi connectivity index (χ3v) is 5.60. The molecule has 2 heterocycles. The lowest BCUT2D eigenvalue weighted by Gasteiger charge is -2.22. The van der Waals surface area contributed by atoms with Gasteiger partial charge in [0.05, 0.1) is 11.6 Å². The first-order valence-electron chi connectivity index (χ1n) is 10.4. The molecule has 158 valence electrons. The van der Waals surface area contributed by atoms with Crippen LogP contribution in [0, 0.1) is 0 Å². The van der Waals surface area contributed by atoms with Crippen LogP contribution in [0.4, 0.5) is 5.69 Å². The number of rotatable bonds is 5. The van der Waals surface area contributed by atoms with Crippen LogP contribution in [-0.4, -0.2) is 31.1 Å². The predicted molar refractivity (Wildman–Crippen MR) is 137 cm³/mol. The van der Waals surface area contributed by atoms with E-state index in [4.69, 9.17) is 0 Å². The van der Waals surface area contributed by atoms with Gasteiger partial charge in [-0.1, -0.05) is 30.3 Å². The molecule has 30 heavy (non-hydrogen) atoms. The molecule has 1 saturated heterocycles. The van der Waals surface area contributed by atoms with Crippen LogP contribution in [0.15, 0.2) is 65.8 Å². The molecule has 0 aliphatic carbocycles. The van der Waals surface area contributed by atoms with Gasteiger partial charge in [-0.15, -0.1) is 24.0 Å². The van der Waals surface area contributed by atoms with E-state index in [1.165, 1.54) is 35.0 Å². The lowest BCUT2D eigenvalue weighted by atomic mass is 10.1. The van der Waals surface area contributed by atoms with E-state index >= 15 is 0 Å². The highest BCUT2D eigenvalue weighted by molar-refractivity contribution is 14.0. The van der Waals surface area contributed by atoms with Crippen LogP contribution in [0.2, 0.25) is 0 Å². The van der Waals surface area contributed by atoms with Crippen molar-refractivity contribution in [3.8, 4) is 0 Å². The van der Waals surface area contributed by atoms with Gasteiger partial charge in [0, 0.05) is 44.0 Å². The molecule has 1 unspecified atom stereocenters. The van der Waals surface area contributed by atoms with E-state index < -0.39 is 0 Å². The van der Waals surface area contributed by atoms with Gasteiger partial charge >= 0.3 is 0 Å². The number of hydrogen-bond acceptors (Lipinski definition) is 3. The van der Waals surface area contributed by atoms with Crippen LogP contribution in [0.25, 0.3) is 10.9 Å². The van der Waals surface area contributed by atoms with Crippen molar-refractivity contribution in [2.45, 2.75) is 32.4 Å². The van der Waals surface area contributed by atoms with Gasteiger partial charge < -0.3 is 15.5 Å². The molecule has 2 N–H and O–H groups in total. The van der Waals surface area contributed by atoms with Crippen molar-refractivity contribution in [3.63, 3.8) is 0 Å². The quantitative estimate of drug-likeness (QED) is 0.289. The smallest absolute Gasteiger partial charge is 0.191 e. The van der Waals surface area contributed by atoms with Gasteiger partial charge in [0.15, 0.2) is 5.96 Å². The van der Waals surface area contributed by atoms with Gasteiger partial charge in [0.25, 0.3) is 0 Å². The van der Waals surface area contributed by atoms with Crippen LogP contribution in [0.3, 0.4) is 0 Å². The molecule has 0 radical (unpaired) electrons. The number of halogens is 1. The van der Waals surface area contributed by atoms with Crippen molar-refractivity contribution in [3.05, 3.63) is 71.9 Å². The predicted octanol–water partition coefficient (Wildman–Crippen LogP) is 4.88. The number of hydrogen-bond donors (Lipinski definition) is 2. The average molecular weight is 515 g/mol. The van der Waals surface area contributed by atoms with E-state index in [9.17, 15) is 0 Å². The van der Waals surface area contributed by atoms with Crippen LogP contribution in [0.5, 0.6) is 0 Å². The first-order valence-corrected chi connectivity index (χ1v) is 10.4. The molecule has 0 bridgehead atoms. The summed E-state index contributed by atoms with van der Waals surface area (Å²) in [6, 6.07) is 19.3. The third kappa shape index (κ3) is 5.22. The first-order chi connectivity index (χ1) is 14.2. The average Bonchev–Trinajstić information content (AvgIpc) is 3.31. The van der Waals surface area contributed by atoms with E-state index in [1.54, 1.807) is 0 Å². The lowest BCUT2D eigenvalue weighted by Crippen LogP contribution is -2.38. The number of benzene rings is 2. The Hall–Kier alpha value is -2.35. The molecule has 1 aliphatic rings. The highest BCUT2D eigenvalue weighted by Gasteiger charge is 2.14. The summed E-state index contributed by atoms with van der Waals surface area (Å²) in [5, 5.41) is 8.14. The minimum atomic E-state index is 0. The number of guanidine groups is 1. The number of pyridine rings is 1. The van der Waals surface area contributed by atoms with E-state index in [-0.39, 0.29) is 30.0 Å². The second-order valence-corrected chi connectivity index (χ2v) is 7.57. The number of aromatic nitrogens is 1. The van der Waals surface area contributed by atoms with Crippen molar-refractivity contribution >= 4 is 46.5 Å². The van der Waals surface area contributed by atoms with Crippen LogP contribution >= 0.6 is 24.0 Å². The maximum Gasteiger partial charge on any atom is 0.191 e. The van der Waals surface area contributed by atoms with Gasteiger partial charge in [-0.3, -0.25) is 9.98 Å². The molecule has 0 amide bonds. The zero-order valence-electron chi connectivity index (χ0n) is 17.6. The van der Waals surface area contributed by atoms with Crippen LogP contribution < -0.4 is 15.5 Å². The van der Waals surface area contributed by atoms with Crippen molar-refractivity contribution in [1.82, 2.24) is 15.6 Å². The Balaban J connectivity index is 0.00000256. The summed E-state index contributed by atoms with van der Waals surface area (Å²) < 4.78 is 0. The maximum absolute atomic E-state index is 4.44. The Morgan fingerprint density at radius 2 is 1.90 bits per heavy atom. The summed E-state index contributed by atoms with van der Waals surface area (Å²) in [7, 11) is 1.81. The molecule has 6 heteroatoms. The van der Waals surface area contributed by atoms with Gasteiger partial charge in [-0.2, -0.15) is 0 Å². The summed E-state index contributed by atoms with van der Waals surface area (Å²) in [4.78, 5) is 11.3. The summed E-state index contributed by atoms with van der Waals surface area (Å²) in [6.07, 6.45) is 4.44. The molecule has 1 fully saturated rings. The van der Waals surface area contributed by atoms with Crippen molar-refractivity contribution in [2.75, 3.05) is 25.0 Å². The number of nitrogens with one attached hydrogen (secondary N) is 2. The molecule has 5 nitrogen and oxygen atoms in total. The maximum atomic E-state index is 4.44. The van der Waals surface area contributed by atoms with E-state index in [2.05, 4.69) is 74.9 Å². The monoisotopic (exact) mass is 515 g/mol. The normalized spacial score (nSPS) is 15.0. The van der Waals surface area contributed by atoms with Crippen molar-refractivity contribution in [1.29, 1.82) is 0 Å². The van der Waals surface area contributed by atoms with E-state index in [0.717, 1.165) is 24.6 Å². The first kappa shape index (κ1) is 22.3. The SMILES string of the molecule is CN=C(NCc1ccnc2ccccc12)NC(C)c1cccc(N2CCCC2)c1.I. The fourth-order valence-electron chi connectivity index (χ4n) is 3.94. The number of nitrogens with zero attached hydrogens (tertiary/aromatic N) is 3. The molecule has 1 aromatic heterocycles. The Bertz CT molecular complexity index is 992.